The first-order valence-corrected chi connectivity index (χ1v) is 8.54. The number of nitrogens with one attached hydrogen (secondary N) is 1. The van der Waals surface area contributed by atoms with Crippen molar-refractivity contribution in [1.29, 1.82) is 0 Å². The molecule has 5 heteroatoms. The van der Waals surface area contributed by atoms with Crippen LogP contribution in [0.3, 0.4) is 0 Å². The predicted molar refractivity (Wildman–Crippen MR) is 93.9 cm³/mol. The molecule has 1 aromatic rings. The van der Waals surface area contributed by atoms with Gasteiger partial charge in [-0.1, -0.05) is 32.9 Å². The van der Waals surface area contributed by atoms with Gasteiger partial charge in [0.2, 0.25) is 5.91 Å². The summed E-state index contributed by atoms with van der Waals surface area (Å²) in [5.41, 5.74) is 0.751. The van der Waals surface area contributed by atoms with Crippen molar-refractivity contribution in [2.45, 2.75) is 46.6 Å². The summed E-state index contributed by atoms with van der Waals surface area (Å²) in [4.78, 5) is 26.2. The highest BCUT2D eigenvalue weighted by molar-refractivity contribution is 5.81. The van der Waals surface area contributed by atoms with Crippen LogP contribution in [-0.2, 0) is 9.59 Å². The van der Waals surface area contributed by atoms with Crippen LogP contribution in [0.25, 0.3) is 0 Å². The molecule has 1 aliphatic heterocycles. The molecule has 2 amide bonds. The Hall–Kier alpha value is -2.04. The van der Waals surface area contributed by atoms with E-state index in [9.17, 15) is 9.59 Å². The molecule has 0 radical (unpaired) electrons. The summed E-state index contributed by atoms with van der Waals surface area (Å²) in [6.07, 6.45) is 1.58. The maximum atomic E-state index is 12.3. The quantitative estimate of drug-likeness (QED) is 0.922. The minimum absolute atomic E-state index is 0.0184. The zero-order valence-corrected chi connectivity index (χ0v) is 15.1. The fourth-order valence-corrected chi connectivity index (χ4v) is 2.82. The van der Waals surface area contributed by atoms with Gasteiger partial charge in [0.05, 0.1) is 0 Å². The summed E-state index contributed by atoms with van der Waals surface area (Å²) in [5, 5.41) is 3.00. The number of hydrogen-bond acceptors (Lipinski definition) is 3. The van der Waals surface area contributed by atoms with E-state index in [1.165, 1.54) is 0 Å². The summed E-state index contributed by atoms with van der Waals surface area (Å²) in [6, 6.07) is 7.76. The summed E-state index contributed by atoms with van der Waals surface area (Å²) in [5.74, 6) is 0.767. The van der Waals surface area contributed by atoms with Crippen LogP contribution in [0, 0.1) is 12.3 Å². The molecular weight excluding hydrogens is 304 g/mol. The van der Waals surface area contributed by atoms with Crippen molar-refractivity contribution in [2.75, 3.05) is 19.7 Å². The number of piperidine rings is 1. The number of nitrogens with zero attached hydrogens (tertiary/aromatic N) is 1. The van der Waals surface area contributed by atoms with Crippen LogP contribution in [0.5, 0.6) is 5.75 Å². The summed E-state index contributed by atoms with van der Waals surface area (Å²) >= 11 is 0. The van der Waals surface area contributed by atoms with Crippen molar-refractivity contribution in [3.8, 4) is 5.75 Å². The van der Waals surface area contributed by atoms with Gasteiger partial charge < -0.3 is 15.0 Å². The maximum Gasteiger partial charge on any atom is 0.258 e. The van der Waals surface area contributed by atoms with Crippen molar-refractivity contribution in [2.24, 2.45) is 5.41 Å². The predicted octanol–water partition coefficient (Wildman–Crippen LogP) is 2.53. The first-order valence-electron chi connectivity index (χ1n) is 8.54. The third kappa shape index (κ3) is 5.25. The van der Waals surface area contributed by atoms with Gasteiger partial charge in [-0.3, -0.25) is 9.59 Å². The molecule has 0 aromatic heterocycles. The number of aryl methyl sites for hydroxylation is 1. The van der Waals surface area contributed by atoms with Crippen LogP contribution >= 0.6 is 0 Å². The van der Waals surface area contributed by atoms with E-state index >= 15 is 0 Å². The van der Waals surface area contributed by atoms with Crippen molar-refractivity contribution < 1.29 is 14.3 Å². The van der Waals surface area contributed by atoms with E-state index < -0.39 is 0 Å². The van der Waals surface area contributed by atoms with E-state index in [0.717, 1.165) is 18.4 Å². The molecule has 0 aliphatic carbocycles. The average molecular weight is 332 g/mol. The third-order valence-electron chi connectivity index (χ3n) is 4.15. The standard InChI is InChI=1S/C19H28N2O3/c1-14-6-5-7-16(12-14)24-13-17(22)20-15-8-10-21(11-9-15)18(23)19(2,3)4/h5-7,12,15H,8-11,13H2,1-4H3,(H,20,22). The summed E-state index contributed by atoms with van der Waals surface area (Å²) in [7, 11) is 0. The van der Waals surface area contributed by atoms with Gasteiger partial charge in [0.15, 0.2) is 6.61 Å². The number of carbonyl (C=O) groups is 2. The Morgan fingerprint density at radius 2 is 1.92 bits per heavy atom. The molecule has 0 atom stereocenters. The number of ether oxygens (including phenoxy) is 1. The molecule has 24 heavy (non-hydrogen) atoms. The zero-order valence-electron chi connectivity index (χ0n) is 15.1. The Labute approximate surface area is 144 Å². The fraction of sp³-hybridized carbons (Fsp3) is 0.579. The molecule has 1 N–H and O–H groups in total. The Morgan fingerprint density at radius 3 is 2.50 bits per heavy atom. The van der Waals surface area contributed by atoms with E-state index in [1.807, 2.05) is 56.9 Å². The second-order valence-corrected chi connectivity index (χ2v) is 7.49. The Morgan fingerprint density at radius 1 is 1.25 bits per heavy atom. The first kappa shape index (κ1) is 18.3. The normalized spacial score (nSPS) is 15.9. The topological polar surface area (TPSA) is 58.6 Å². The number of amides is 2. The van der Waals surface area contributed by atoms with Crippen molar-refractivity contribution in [1.82, 2.24) is 10.2 Å². The van der Waals surface area contributed by atoms with Crippen LogP contribution in [0.1, 0.15) is 39.2 Å². The van der Waals surface area contributed by atoms with E-state index in [4.69, 9.17) is 4.74 Å². The molecular formula is C19H28N2O3. The lowest BCUT2D eigenvalue weighted by molar-refractivity contribution is -0.140. The van der Waals surface area contributed by atoms with Gasteiger partial charge in [-0.2, -0.15) is 0 Å². The molecule has 1 heterocycles. The zero-order chi connectivity index (χ0) is 17.7. The fourth-order valence-electron chi connectivity index (χ4n) is 2.82. The minimum Gasteiger partial charge on any atom is -0.484 e. The average Bonchev–Trinajstić information content (AvgIpc) is 2.52. The van der Waals surface area contributed by atoms with Gasteiger partial charge in [-0.05, 0) is 37.5 Å². The van der Waals surface area contributed by atoms with Gasteiger partial charge in [-0.15, -0.1) is 0 Å². The van der Waals surface area contributed by atoms with Gasteiger partial charge in [0.1, 0.15) is 5.75 Å². The van der Waals surface area contributed by atoms with E-state index in [-0.39, 0.29) is 29.9 Å². The monoisotopic (exact) mass is 332 g/mol. The van der Waals surface area contributed by atoms with Crippen LogP contribution < -0.4 is 10.1 Å². The smallest absolute Gasteiger partial charge is 0.258 e. The second kappa shape index (κ2) is 7.69. The lowest BCUT2D eigenvalue weighted by Crippen LogP contribution is -2.49. The molecule has 0 spiro atoms. The molecule has 2 rings (SSSR count). The molecule has 0 unspecified atom stereocenters. The van der Waals surface area contributed by atoms with E-state index in [2.05, 4.69) is 5.32 Å². The molecule has 1 fully saturated rings. The number of rotatable bonds is 4. The van der Waals surface area contributed by atoms with Crippen LogP contribution in [0.2, 0.25) is 0 Å². The molecule has 5 nitrogen and oxygen atoms in total. The highest BCUT2D eigenvalue weighted by Crippen LogP contribution is 2.21. The van der Waals surface area contributed by atoms with E-state index in [1.54, 1.807) is 0 Å². The molecule has 1 saturated heterocycles. The van der Waals surface area contributed by atoms with Crippen LogP contribution in [-0.4, -0.2) is 42.5 Å². The number of benzene rings is 1. The molecule has 1 aliphatic rings. The SMILES string of the molecule is Cc1cccc(OCC(=O)NC2CCN(C(=O)C(C)(C)C)CC2)c1. The summed E-state index contributed by atoms with van der Waals surface area (Å²) < 4.78 is 5.52. The molecule has 132 valence electrons. The Kier molecular flexibility index (Phi) is 5.86. The third-order valence-corrected chi connectivity index (χ3v) is 4.15. The summed E-state index contributed by atoms with van der Waals surface area (Å²) in [6.45, 7) is 9.20. The molecule has 0 saturated carbocycles. The Bertz CT molecular complexity index is 585. The maximum absolute atomic E-state index is 12.3. The lowest BCUT2D eigenvalue weighted by Gasteiger charge is -2.36. The molecule has 1 aromatic carbocycles. The molecule has 0 bridgehead atoms. The van der Waals surface area contributed by atoms with Crippen LogP contribution in [0.15, 0.2) is 24.3 Å². The van der Waals surface area contributed by atoms with Crippen LogP contribution in [0.4, 0.5) is 0 Å². The number of hydrogen-bond donors (Lipinski definition) is 1. The highest BCUT2D eigenvalue weighted by Gasteiger charge is 2.30. The van der Waals surface area contributed by atoms with Crippen molar-refractivity contribution in [3.05, 3.63) is 29.8 Å². The highest BCUT2D eigenvalue weighted by atomic mass is 16.5. The van der Waals surface area contributed by atoms with Gasteiger partial charge in [-0.25, -0.2) is 0 Å². The first-order chi connectivity index (χ1) is 11.3. The van der Waals surface area contributed by atoms with Crippen molar-refractivity contribution in [3.63, 3.8) is 0 Å². The number of likely N-dealkylation sites (tertiary alicyclic amines) is 1. The second-order valence-electron chi connectivity index (χ2n) is 7.49. The van der Waals surface area contributed by atoms with Gasteiger partial charge in [0, 0.05) is 24.5 Å². The Balaban J connectivity index is 1.73. The number of carbonyl (C=O) groups excluding carboxylic acids is 2. The van der Waals surface area contributed by atoms with E-state index in [0.29, 0.717) is 18.8 Å². The lowest BCUT2D eigenvalue weighted by atomic mass is 9.93. The largest absolute Gasteiger partial charge is 0.484 e. The van der Waals surface area contributed by atoms with Gasteiger partial charge in [0.25, 0.3) is 5.91 Å². The minimum atomic E-state index is -0.349. The van der Waals surface area contributed by atoms with Crippen molar-refractivity contribution >= 4 is 11.8 Å². The van der Waals surface area contributed by atoms with Gasteiger partial charge >= 0.3 is 0 Å².